The molecule has 2 heteroatoms. The molecule has 1 spiro atoms. The van der Waals surface area contributed by atoms with Crippen LogP contribution in [0, 0.1) is 10.8 Å². The largest absolute Gasteiger partial charge is 0.317 e. The third kappa shape index (κ3) is 1.70. The highest BCUT2D eigenvalue weighted by Gasteiger charge is 2.47. The first-order valence-corrected chi connectivity index (χ1v) is 5.99. The average molecular weight is 196 g/mol. The van der Waals surface area contributed by atoms with Gasteiger partial charge in [-0.05, 0) is 49.7 Å². The number of hydrogen-bond acceptors (Lipinski definition) is 2. The molecule has 0 amide bonds. The Hall–Kier alpha value is -0.0800. The van der Waals surface area contributed by atoms with Gasteiger partial charge in [0, 0.05) is 6.04 Å². The first-order chi connectivity index (χ1) is 6.55. The second-order valence-electron chi connectivity index (χ2n) is 6.12. The molecule has 0 aromatic heterocycles. The Bertz CT molecular complexity index is 199. The van der Waals surface area contributed by atoms with Crippen LogP contribution in [0.15, 0.2) is 0 Å². The molecule has 0 aromatic rings. The number of piperidine rings is 1. The van der Waals surface area contributed by atoms with Gasteiger partial charge in [0.2, 0.25) is 0 Å². The van der Waals surface area contributed by atoms with Crippen LogP contribution in [-0.2, 0) is 0 Å². The van der Waals surface area contributed by atoms with E-state index in [1.807, 2.05) is 0 Å². The molecule has 1 unspecified atom stereocenters. The lowest BCUT2D eigenvalue weighted by molar-refractivity contribution is 0.101. The SMILES string of the molecule is CC(C)(C)C1NCCC12CCNCC2. The minimum Gasteiger partial charge on any atom is -0.317 e. The molecule has 2 heterocycles. The minimum atomic E-state index is 0.411. The molecule has 0 bridgehead atoms. The van der Waals surface area contributed by atoms with Crippen molar-refractivity contribution in [2.45, 2.75) is 46.1 Å². The van der Waals surface area contributed by atoms with Gasteiger partial charge in [-0.2, -0.15) is 0 Å². The molecule has 2 rings (SSSR count). The Kier molecular flexibility index (Phi) is 2.61. The third-order valence-corrected chi connectivity index (χ3v) is 4.05. The van der Waals surface area contributed by atoms with Crippen LogP contribution in [0.5, 0.6) is 0 Å². The summed E-state index contributed by atoms with van der Waals surface area (Å²) >= 11 is 0. The zero-order valence-electron chi connectivity index (χ0n) is 9.82. The molecular weight excluding hydrogens is 172 g/mol. The van der Waals surface area contributed by atoms with Crippen molar-refractivity contribution in [1.29, 1.82) is 0 Å². The number of nitrogens with one attached hydrogen (secondary N) is 2. The zero-order chi connectivity index (χ0) is 10.2. The van der Waals surface area contributed by atoms with Gasteiger partial charge in [0.25, 0.3) is 0 Å². The van der Waals surface area contributed by atoms with Crippen LogP contribution in [0.25, 0.3) is 0 Å². The fourth-order valence-corrected chi connectivity index (χ4v) is 3.51. The maximum atomic E-state index is 3.73. The van der Waals surface area contributed by atoms with E-state index in [0.29, 0.717) is 10.8 Å². The molecule has 0 radical (unpaired) electrons. The second kappa shape index (κ2) is 3.49. The van der Waals surface area contributed by atoms with Crippen molar-refractivity contribution in [1.82, 2.24) is 10.6 Å². The lowest BCUT2D eigenvalue weighted by atomic mass is 9.65. The van der Waals surface area contributed by atoms with Crippen LogP contribution in [0.4, 0.5) is 0 Å². The van der Waals surface area contributed by atoms with Gasteiger partial charge in [0.1, 0.15) is 0 Å². The molecule has 0 saturated carbocycles. The van der Waals surface area contributed by atoms with E-state index in [4.69, 9.17) is 0 Å². The summed E-state index contributed by atoms with van der Waals surface area (Å²) in [5.74, 6) is 0. The molecule has 82 valence electrons. The van der Waals surface area contributed by atoms with Crippen molar-refractivity contribution >= 4 is 0 Å². The van der Waals surface area contributed by atoms with Crippen molar-refractivity contribution in [3.8, 4) is 0 Å². The maximum Gasteiger partial charge on any atom is 0.0173 e. The Morgan fingerprint density at radius 1 is 1.00 bits per heavy atom. The van der Waals surface area contributed by atoms with Crippen molar-refractivity contribution in [2.75, 3.05) is 19.6 Å². The van der Waals surface area contributed by atoms with Gasteiger partial charge >= 0.3 is 0 Å². The Morgan fingerprint density at radius 2 is 1.57 bits per heavy atom. The monoisotopic (exact) mass is 196 g/mol. The second-order valence-corrected chi connectivity index (χ2v) is 6.12. The van der Waals surface area contributed by atoms with Gasteiger partial charge in [0.05, 0.1) is 0 Å². The van der Waals surface area contributed by atoms with Gasteiger partial charge in [0.15, 0.2) is 0 Å². The van der Waals surface area contributed by atoms with Crippen LogP contribution in [-0.4, -0.2) is 25.7 Å². The molecule has 2 fully saturated rings. The Morgan fingerprint density at radius 3 is 2.14 bits per heavy atom. The van der Waals surface area contributed by atoms with Crippen molar-refractivity contribution < 1.29 is 0 Å². The average Bonchev–Trinajstić information content (AvgIpc) is 2.49. The molecule has 2 saturated heterocycles. The summed E-state index contributed by atoms with van der Waals surface area (Å²) in [6.45, 7) is 10.8. The fraction of sp³-hybridized carbons (Fsp3) is 1.00. The summed E-state index contributed by atoms with van der Waals surface area (Å²) in [5.41, 5.74) is 1.01. The van der Waals surface area contributed by atoms with Gasteiger partial charge in [-0.1, -0.05) is 20.8 Å². The fourth-order valence-electron chi connectivity index (χ4n) is 3.51. The molecule has 2 N–H and O–H groups in total. The topological polar surface area (TPSA) is 24.1 Å². The van der Waals surface area contributed by atoms with Crippen molar-refractivity contribution in [2.24, 2.45) is 10.8 Å². The van der Waals surface area contributed by atoms with Crippen LogP contribution in [0.3, 0.4) is 0 Å². The molecule has 0 aliphatic carbocycles. The lowest BCUT2D eigenvalue weighted by Crippen LogP contribution is -2.50. The highest BCUT2D eigenvalue weighted by molar-refractivity contribution is 5.03. The van der Waals surface area contributed by atoms with Crippen LogP contribution in [0.1, 0.15) is 40.0 Å². The van der Waals surface area contributed by atoms with Crippen molar-refractivity contribution in [3.05, 3.63) is 0 Å². The molecule has 2 aliphatic heterocycles. The first kappa shape index (κ1) is 10.4. The van der Waals surface area contributed by atoms with Gasteiger partial charge in [-0.15, -0.1) is 0 Å². The van der Waals surface area contributed by atoms with E-state index in [2.05, 4.69) is 31.4 Å². The highest BCUT2D eigenvalue weighted by atomic mass is 15.0. The highest BCUT2D eigenvalue weighted by Crippen LogP contribution is 2.46. The van der Waals surface area contributed by atoms with Crippen LogP contribution in [0.2, 0.25) is 0 Å². The summed E-state index contributed by atoms with van der Waals surface area (Å²) in [7, 11) is 0. The van der Waals surface area contributed by atoms with E-state index >= 15 is 0 Å². The predicted octanol–water partition coefficient (Wildman–Crippen LogP) is 1.76. The van der Waals surface area contributed by atoms with E-state index in [-0.39, 0.29) is 0 Å². The third-order valence-electron chi connectivity index (χ3n) is 4.05. The molecule has 14 heavy (non-hydrogen) atoms. The van der Waals surface area contributed by atoms with E-state index in [1.165, 1.54) is 38.9 Å². The van der Waals surface area contributed by atoms with Crippen molar-refractivity contribution in [3.63, 3.8) is 0 Å². The van der Waals surface area contributed by atoms with E-state index in [1.54, 1.807) is 0 Å². The van der Waals surface area contributed by atoms with Gasteiger partial charge < -0.3 is 10.6 Å². The normalized spacial score (nSPS) is 32.4. The summed E-state index contributed by atoms with van der Waals surface area (Å²) in [4.78, 5) is 0. The van der Waals surface area contributed by atoms with Crippen LogP contribution >= 0.6 is 0 Å². The number of hydrogen-bond donors (Lipinski definition) is 2. The summed E-state index contributed by atoms with van der Waals surface area (Å²) in [5, 5.41) is 7.21. The Balaban J connectivity index is 2.16. The summed E-state index contributed by atoms with van der Waals surface area (Å²) in [6.07, 6.45) is 4.11. The Labute approximate surface area is 87.8 Å². The van der Waals surface area contributed by atoms with E-state index < -0.39 is 0 Å². The smallest absolute Gasteiger partial charge is 0.0173 e. The van der Waals surface area contributed by atoms with Gasteiger partial charge in [-0.25, -0.2) is 0 Å². The number of rotatable bonds is 0. The molecule has 2 aliphatic rings. The minimum absolute atomic E-state index is 0.411. The predicted molar refractivity (Wildman–Crippen MR) is 60.4 cm³/mol. The quantitative estimate of drug-likeness (QED) is 0.617. The maximum absolute atomic E-state index is 3.73. The first-order valence-electron chi connectivity index (χ1n) is 5.99. The summed E-state index contributed by atoms with van der Waals surface area (Å²) < 4.78 is 0. The van der Waals surface area contributed by atoms with Gasteiger partial charge in [-0.3, -0.25) is 0 Å². The van der Waals surface area contributed by atoms with E-state index in [9.17, 15) is 0 Å². The van der Waals surface area contributed by atoms with Crippen LogP contribution < -0.4 is 10.6 Å². The zero-order valence-corrected chi connectivity index (χ0v) is 9.82. The molecular formula is C12H24N2. The lowest BCUT2D eigenvalue weighted by Gasteiger charge is -2.45. The van der Waals surface area contributed by atoms with E-state index in [0.717, 1.165) is 6.04 Å². The molecule has 0 aromatic carbocycles. The molecule has 2 nitrogen and oxygen atoms in total. The molecule has 1 atom stereocenters. The standard InChI is InChI=1S/C12H24N2/c1-11(2,3)10-12(6-9-14-10)4-7-13-8-5-12/h10,13-14H,4-9H2,1-3H3. The summed E-state index contributed by atoms with van der Waals surface area (Å²) in [6, 6.07) is 0.720.